The van der Waals surface area contributed by atoms with Gasteiger partial charge in [-0.25, -0.2) is 14.2 Å². The highest BCUT2D eigenvalue weighted by Gasteiger charge is 2.37. The fourth-order valence-electron chi connectivity index (χ4n) is 3.58. The molecule has 0 unspecified atom stereocenters. The molecule has 0 saturated heterocycles. The molecule has 3 amide bonds. The van der Waals surface area contributed by atoms with Crippen LogP contribution in [0.3, 0.4) is 0 Å². The summed E-state index contributed by atoms with van der Waals surface area (Å²) in [4.78, 5) is 32.4. The quantitative estimate of drug-likeness (QED) is 0.692. The van der Waals surface area contributed by atoms with Crippen LogP contribution in [-0.2, 0) is 24.3 Å². The van der Waals surface area contributed by atoms with E-state index in [9.17, 15) is 19.1 Å². The molecule has 12 heteroatoms. The van der Waals surface area contributed by atoms with Crippen LogP contribution in [0.2, 0.25) is 5.02 Å². The topological polar surface area (TPSA) is 99.9 Å². The molecule has 0 spiro atoms. The Balaban J connectivity index is 1.61. The van der Waals surface area contributed by atoms with Gasteiger partial charge in [0.2, 0.25) is 0 Å². The summed E-state index contributed by atoms with van der Waals surface area (Å²) in [6, 6.07) is 3.31. The van der Waals surface area contributed by atoms with E-state index in [1.807, 2.05) is 0 Å². The molecular weight excluding hydrogens is 415 g/mol. The highest BCUT2D eigenvalue weighted by Crippen LogP contribution is 2.29. The van der Waals surface area contributed by atoms with Crippen molar-refractivity contribution in [1.29, 1.82) is 0 Å². The third-order valence-corrected chi connectivity index (χ3v) is 5.36. The predicted molar refractivity (Wildman–Crippen MR) is 105 cm³/mol. The number of carbonyl (C=O) groups excluding carboxylic acids is 2. The van der Waals surface area contributed by atoms with Crippen molar-refractivity contribution in [1.82, 2.24) is 19.7 Å². The van der Waals surface area contributed by atoms with Crippen LogP contribution in [0.4, 0.5) is 14.9 Å². The van der Waals surface area contributed by atoms with Crippen molar-refractivity contribution in [2.24, 2.45) is 0 Å². The Kier molecular flexibility index (Phi) is 5.43. The average molecular weight is 434 g/mol. The van der Waals surface area contributed by atoms with Gasteiger partial charge in [-0.15, -0.1) is 0 Å². The van der Waals surface area contributed by atoms with Gasteiger partial charge in [-0.2, -0.15) is 5.10 Å². The molecule has 2 aliphatic rings. The number of rotatable bonds is 2. The van der Waals surface area contributed by atoms with Crippen molar-refractivity contribution >= 4 is 37.1 Å². The molecule has 2 radical (unpaired) electrons. The first-order valence-corrected chi connectivity index (χ1v) is 9.58. The number of aromatic nitrogens is 2. The van der Waals surface area contributed by atoms with Crippen LogP contribution in [0, 0.1) is 5.82 Å². The lowest BCUT2D eigenvalue weighted by atomic mass is 9.85. The number of nitrogens with zero attached hydrogens (tertiary/aromatic N) is 4. The summed E-state index contributed by atoms with van der Waals surface area (Å²) in [5.41, 5.74) is 1.79. The molecule has 1 aromatic carbocycles. The number of anilines is 1. The number of aliphatic hydroxyl groups is 1. The molecule has 0 saturated carbocycles. The van der Waals surface area contributed by atoms with Crippen LogP contribution >= 0.6 is 11.6 Å². The fourth-order valence-corrected chi connectivity index (χ4v) is 3.76. The number of fused-ring (bicyclic) bond motifs is 3. The van der Waals surface area contributed by atoms with E-state index in [0.717, 1.165) is 11.1 Å². The number of amides is 3. The van der Waals surface area contributed by atoms with Crippen molar-refractivity contribution in [2.45, 2.75) is 31.6 Å². The maximum Gasteiger partial charge on any atom is 0.321 e. The molecule has 0 fully saturated rings. The second kappa shape index (κ2) is 7.90. The van der Waals surface area contributed by atoms with Gasteiger partial charge in [0.25, 0.3) is 5.91 Å². The Bertz CT molecular complexity index is 1020. The van der Waals surface area contributed by atoms with Crippen LogP contribution in [0.1, 0.15) is 21.7 Å². The summed E-state index contributed by atoms with van der Waals surface area (Å²) >= 11 is 5.76. The fraction of sp³-hybridized carbons (Fsp3) is 0.389. The van der Waals surface area contributed by atoms with Gasteiger partial charge in [-0.05, 0) is 24.1 Å². The number of urea groups is 1. The number of hydrogen-bond donors (Lipinski definition) is 2. The Morgan fingerprint density at radius 2 is 2.27 bits per heavy atom. The zero-order valence-corrected chi connectivity index (χ0v) is 16.8. The van der Waals surface area contributed by atoms with E-state index >= 15 is 0 Å². The normalized spacial score (nSPS) is 21.1. The first kappa shape index (κ1) is 20.6. The van der Waals surface area contributed by atoms with Crippen LogP contribution in [0.25, 0.3) is 0 Å². The molecule has 156 valence electrons. The average Bonchev–Trinajstić information content (AvgIpc) is 2.99. The van der Waals surface area contributed by atoms with E-state index < -0.39 is 29.8 Å². The summed E-state index contributed by atoms with van der Waals surface area (Å²) in [7, 11) is 7.63. The third-order valence-electron chi connectivity index (χ3n) is 5.07. The van der Waals surface area contributed by atoms with Crippen molar-refractivity contribution < 1.29 is 23.9 Å². The molecule has 2 aromatic rings. The van der Waals surface area contributed by atoms with E-state index in [4.69, 9.17) is 24.3 Å². The summed E-state index contributed by atoms with van der Waals surface area (Å²) in [5, 5.41) is 17.5. The van der Waals surface area contributed by atoms with Gasteiger partial charge in [0.1, 0.15) is 17.6 Å². The lowest BCUT2D eigenvalue weighted by Crippen LogP contribution is -2.47. The van der Waals surface area contributed by atoms with Crippen LogP contribution in [-0.4, -0.2) is 70.3 Å². The van der Waals surface area contributed by atoms with Crippen LogP contribution in [0.15, 0.2) is 18.2 Å². The number of benzene rings is 1. The van der Waals surface area contributed by atoms with E-state index in [-0.39, 0.29) is 36.8 Å². The molecule has 0 bridgehead atoms. The Morgan fingerprint density at radius 3 is 2.97 bits per heavy atom. The third kappa shape index (κ3) is 3.64. The minimum absolute atomic E-state index is 0.0516. The standard InChI is InChI=1S/C18H18BClFN5O4/c1-24-17(28)16-11-7-25(18(29)22-9-2-3-13(21)12(20)4-9)15(19)5-14(11)23-26(16)6-10(8-27)30-24/h2-4,10,15,27H,5-8H2,1H3,(H,22,29)/t10-,15-/m0/s1. The smallest absolute Gasteiger partial charge is 0.321 e. The van der Waals surface area contributed by atoms with Crippen molar-refractivity contribution in [3.63, 3.8) is 0 Å². The summed E-state index contributed by atoms with van der Waals surface area (Å²) in [5.74, 6) is -1.70. The molecule has 9 nitrogen and oxygen atoms in total. The van der Waals surface area contributed by atoms with Gasteiger partial charge in [0, 0.05) is 24.7 Å². The highest BCUT2D eigenvalue weighted by molar-refractivity contribution is 6.31. The Morgan fingerprint density at radius 1 is 1.50 bits per heavy atom. The number of nitrogens with one attached hydrogen (secondary N) is 1. The van der Waals surface area contributed by atoms with E-state index in [1.165, 1.54) is 28.8 Å². The molecule has 2 N–H and O–H groups in total. The number of aliphatic hydroxyl groups excluding tert-OH is 1. The van der Waals surface area contributed by atoms with Gasteiger partial charge in [-0.1, -0.05) is 11.6 Å². The van der Waals surface area contributed by atoms with E-state index in [0.29, 0.717) is 16.9 Å². The van der Waals surface area contributed by atoms with Crippen molar-refractivity contribution in [3.8, 4) is 0 Å². The molecule has 1 aromatic heterocycles. The predicted octanol–water partition coefficient (Wildman–Crippen LogP) is 1.14. The van der Waals surface area contributed by atoms with Gasteiger partial charge >= 0.3 is 6.03 Å². The number of hydroxylamine groups is 2. The first-order valence-electron chi connectivity index (χ1n) is 9.21. The molecule has 30 heavy (non-hydrogen) atoms. The zero-order valence-electron chi connectivity index (χ0n) is 16.0. The largest absolute Gasteiger partial charge is 0.393 e. The Labute approximate surface area is 177 Å². The molecule has 2 atom stereocenters. The number of halogens is 2. The molecule has 2 aliphatic heterocycles. The van der Waals surface area contributed by atoms with Gasteiger partial charge in [-0.3, -0.25) is 14.3 Å². The second-order valence-electron chi connectivity index (χ2n) is 7.13. The van der Waals surface area contributed by atoms with Crippen LogP contribution < -0.4 is 5.32 Å². The van der Waals surface area contributed by atoms with Crippen molar-refractivity contribution in [2.75, 3.05) is 19.0 Å². The zero-order chi connectivity index (χ0) is 21.6. The summed E-state index contributed by atoms with van der Waals surface area (Å²) in [6.07, 6.45) is -0.382. The second-order valence-corrected chi connectivity index (χ2v) is 7.53. The molecule has 3 heterocycles. The lowest BCUT2D eigenvalue weighted by molar-refractivity contribution is -0.159. The maximum atomic E-state index is 13.4. The van der Waals surface area contributed by atoms with Crippen molar-refractivity contribution in [3.05, 3.63) is 46.0 Å². The molecule has 0 aliphatic carbocycles. The van der Waals surface area contributed by atoms with E-state index in [1.54, 1.807) is 0 Å². The van der Waals surface area contributed by atoms with E-state index in [2.05, 4.69) is 10.4 Å². The molecular formula is C18H18BClFN5O4. The first-order chi connectivity index (χ1) is 14.3. The highest BCUT2D eigenvalue weighted by atomic mass is 35.5. The summed E-state index contributed by atoms with van der Waals surface area (Å²) < 4.78 is 14.8. The SMILES string of the molecule is [B][C@@H]1Cc2nn3c(c2CN1C(=O)Nc1ccc(F)c(Cl)c1)C(=O)N(C)O[C@H](CO)C3. The van der Waals surface area contributed by atoms with Gasteiger partial charge < -0.3 is 15.3 Å². The lowest BCUT2D eigenvalue weighted by Gasteiger charge is -2.33. The number of hydrogen-bond acceptors (Lipinski definition) is 5. The molecule has 4 rings (SSSR count). The van der Waals surface area contributed by atoms with Crippen LogP contribution in [0.5, 0.6) is 0 Å². The van der Waals surface area contributed by atoms with Gasteiger partial charge in [0.05, 0.1) is 38.3 Å². The summed E-state index contributed by atoms with van der Waals surface area (Å²) in [6.45, 7) is -0.0454. The maximum absolute atomic E-state index is 13.4. The minimum atomic E-state index is -0.676. The Hall–Kier alpha value is -2.63. The monoisotopic (exact) mass is 433 g/mol. The minimum Gasteiger partial charge on any atom is -0.393 e. The van der Waals surface area contributed by atoms with Gasteiger partial charge in [0.15, 0.2) is 0 Å². The number of carbonyl (C=O) groups is 2.